The van der Waals surface area contributed by atoms with E-state index < -0.39 is 0 Å². The lowest BCUT2D eigenvalue weighted by Gasteiger charge is -2.36. The Morgan fingerprint density at radius 3 is 2.89 bits per heavy atom. The van der Waals surface area contributed by atoms with Crippen molar-refractivity contribution in [2.75, 3.05) is 5.73 Å². The molecule has 0 radical (unpaired) electrons. The van der Waals surface area contributed by atoms with Crippen molar-refractivity contribution < 1.29 is 4.42 Å². The minimum absolute atomic E-state index is 0.272. The van der Waals surface area contributed by atoms with Crippen LogP contribution >= 0.6 is 0 Å². The van der Waals surface area contributed by atoms with Gasteiger partial charge in [0.2, 0.25) is 0 Å². The number of benzene rings is 1. The molecule has 2 aromatic rings. The number of anilines is 1. The molecule has 1 aliphatic rings. The summed E-state index contributed by atoms with van der Waals surface area (Å²) in [5.41, 5.74) is 8.55. The maximum absolute atomic E-state index is 5.94. The number of nitrogens with zero attached hydrogens (tertiary/aromatic N) is 1. The summed E-state index contributed by atoms with van der Waals surface area (Å²) in [5, 5.41) is 0. The average Bonchev–Trinajstić information content (AvgIpc) is 2.73. The topological polar surface area (TPSA) is 52.0 Å². The van der Waals surface area contributed by atoms with Crippen LogP contribution in [0.3, 0.4) is 0 Å². The first-order valence-electron chi connectivity index (χ1n) is 6.73. The molecule has 0 bridgehead atoms. The van der Waals surface area contributed by atoms with Gasteiger partial charge in [-0.05, 0) is 30.4 Å². The van der Waals surface area contributed by atoms with Gasteiger partial charge in [-0.1, -0.05) is 32.8 Å². The molecule has 0 saturated heterocycles. The molecule has 1 aromatic carbocycles. The Hall–Kier alpha value is -1.51. The molecule has 1 aromatic heterocycles. The number of fused-ring (bicyclic) bond motifs is 1. The highest BCUT2D eigenvalue weighted by Gasteiger charge is 2.36. The van der Waals surface area contributed by atoms with Gasteiger partial charge in [0.1, 0.15) is 5.52 Å². The third kappa shape index (κ3) is 1.78. The minimum Gasteiger partial charge on any atom is -0.440 e. The zero-order valence-corrected chi connectivity index (χ0v) is 11.1. The van der Waals surface area contributed by atoms with E-state index >= 15 is 0 Å². The molecule has 1 fully saturated rings. The van der Waals surface area contributed by atoms with Gasteiger partial charge in [0, 0.05) is 5.92 Å². The SMILES string of the molecule is CC1(C)CCCCC1c1nc2c(N)cccc2o1. The number of aromatic nitrogens is 1. The summed E-state index contributed by atoms with van der Waals surface area (Å²) in [4.78, 5) is 4.64. The van der Waals surface area contributed by atoms with Crippen molar-refractivity contribution in [2.45, 2.75) is 45.4 Å². The molecule has 3 heteroatoms. The maximum atomic E-state index is 5.94. The Morgan fingerprint density at radius 2 is 2.17 bits per heavy atom. The Morgan fingerprint density at radius 1 is 1.33 bits per heavy atom. The monoisotopic (exact) mass is 244 g/mol. The largest absolute Gasteiger partial charge is 0.440 e. The second kappa shape index (κ2) is 4.01. The van der Waals surface area contributed by atoms with E-state index in [1.54, 1.807) is 0 Å². The smallest absolute Gasteiger partial charge is 0.199 e. The highest BCUT2D eigenvalue weighted by molar-refractivity contribution is 5.85. The molecule has 3 rings (SSSR count). The zero-order chi connectivity index (χ0) is 12.8. The average molecular weight is 244 g/mol. The van der Waals surface area contributed by atoms with Crippen molar-refractivity contribution in [1.82, 2.24) is 4.98 Å². The van der Waals surface area contributed by atoms with Crippen molar-refractivity contribution in [3.05, 3.63) is 24.1 Å². The van der Waals surface area contributed by atoms with Crippen LogP contribution in [0.4, 0.5) is 5.69 Å². The van der Waals surface area contributed by atoms with Crippen LogP contribution in [-0.2, 0) is 0 Å². The van der Waals surface area contributed by atoms with Gasteiger partial charge in [-0.25, -0.2) is 4.98 Å². The van der Waals surface area contributed by atoms with Crippen molar-refractivity contribution in [1.29, 1.82) is 0 Å². The third-order valence-corrected chi connectivity index (χ3v) is 4.27. The first-order valence-corrected chi connectivity index (χ1v) is 6.73. The van der Waals surface area contributed by atoms with E-state index in [9.17, 15) is 0 Å². The van der Waals surface area contributed by atoms with Crippen molar-refractivity contribution >= 4 is 16.8 Å². The summed E-state index contributed by atoms with van der Waals surface area (Å²) >= 11 is 0. The number of oxazole rings is 1. The Bertz CT molecular complexity index is 571. The lowest BCUT2D eigenvalue weighted by atomic mass is 9.69. The van der Waals surface area contributed by atoms with Crippen LogP contribution in [0.1, 0.15) is 51.3 Å². The number of nitrogens with two attached hydrogens (primary N) is 1. The van der Waals surface area contributed by atoms with Gasteiger partial charge in [0.25, 0.3) is 0 Å². The predicted molar refractivity (Wildman–Crippen MR) is 73.4 cm³/mol. The molecular weight excluding hydrogens is 224 g/mol. The van der Waals surface area contributed by atoms with E-state index in [4.69, 9.17) is 10.2 Å². The van der Waals surface area contributed by atoms with Gasteiger partial charge in [-0.2, -0.15) is 0 Å². The van der Waals surface area contributed by atoms with Gasteiger partial charge < -0.3 is 10.2 Å². The summed E-state index contributed by atoms with van der Waals surface area (Å²) in [6.07, 6.45) is 4.99. The summed E-state index contributed by atoms with van der Waals surface area (Å²) in [5.74, 6) is 1.28. The van der Waals surface area contributed by atoms with Crippen LogP contribution in [0, 0.1) is 5.41 Å². The van der Waals surface area contributed by atoms with Gasteiger partial charge in [0.15, 0.2) is 11.5 Å². The summed E-state index contributed by atoms with van der Waals surface area (Å²) in [7, 11) is 0. The highest BCUT2D eigenvalue weighted by atomic mass is 16.3. The summed E-state index contributed by atoms with van der Waals surface area (Å²) in [6.45, 7) is 4.63. The first-order chi connectivity index (χ1) is 8.58. The molecule has 1 saturated carbocycles. The van der Waals surface area contributed by atoms with E-state index in [2.05, 4.69) is 18.8 Å². The van der Waals surface area contributed by atoms with E-state index in [0.29, 0.717) is 11.6 Å². The zero-order valence-electron chi connectivity index (χ0n) is 11.1. The second-order valence-electron chi connectivity index (χ2n) is 6.03. The van der Waals surface area contributed by atoms with Crippen LogP contribution < -0.4 is 5.73 Å². The van der Waals surface area contributed by atoms with Crippen LogP contribution in [0.15, 0.2) is 22.6 Å². The van der Waals surface area contributed by atoms with Crippen molar-refractivity contribution in [2.24, 2.45) is 5.41 Å². The van der Waals surface area contributed by atoms with E-state index in [-0.39, 0.29) is 5.41 Å². The number of nitrogen functional groups attached to an aromatic ring is 1. The fourth-order valence-electron chi connectivity index (χ4n) is 3.09. The number of hydrogen-bond acceptors (Lipinski definition) is 3. The second-order valence-corrected chi connectivity index (χ2v) is 6.03. The number of rotatable bonds is 1. The third-order valence-electron chi connectivity index (χ3n) is 4.27. The van der Waals surface area contributed by atoms with Crippen LogP contribution in [-0.4, -0.2) is 4.98 Å². The van der Waals surface area contributed by atoms with Crippen molar-refractivity contribution in [3.63, 3.8) is 0 Å². The molecule has 0 aliphatic heterocycles. The molecular formula is C15H20N2O. The van der Waals surface area contributed by atoms with Crippen molar-refractivity contribution in [3.8, 4) is 0 Å². The molecule has 1 unspecified atom stereocenters. The molecule has 18 heavy (non-hydrogen) atoms. The molecule has 1 heterocycles. The molecule has 0 spiro atoms. The summed E-state index contributed by atoms with van der Waals surface area (Å²) in [6, 6.07) is 5.73. The Labute approximate surface area is 107 Å². The van der Waals surface area contributed by atoms with Crippen LogP contribution in [0.5, 0.6) is 0 Å². The fraction of sp³-hybridized carbons (Fsp3) is 0.533. The maximum Gasteiger partial charge on any atom is 0.199 e. The Balaban J connectivity index is 2.06. The lowest BCUT2D eigenvalue weighted by molar-refractivity contribution is 0.175. The van der Waals surface area contributed by atoms with Gasteiger partial charge in [-0.15, -0.1) is 0 Å². The quantitative estimate of drug-likeness (QED) is 0.768. The molecule has 3 nitrogen and oxygen atoms in total. The van der Waals surface area contributed by atoms with E-state index in [1.807, 2.05) is 18.2 Å². The number of hydrogen-bond donors (Lipinski definition) is 1. The molecule has 96 valence electrons. The number of para-hydroxylation sites is 1. The fourth-order valence-corrected chi connectivity index (χ4v) is 3.09. The molecule has 2 N–H and O–H groups in total. The standard InChI is InChI=1S/C15H20N2O/c1-15(2)9-4-3-6-10(15)14-17-13-11(16)7-5-8-12(13)18-14/h5,7-8,10H,3-4,6,9,16H2,1-2H3. The predicted octanol–water partition coefficient (Wildman–Crippen LogP) is 4.09. The van der Waals surface area contributed by atoms with Crippen LogP contribution in [0.25, 0.3) is 11.1 Å². The highest BCUT2D eigenvalue weighted by Crippen LogP contribution is 2.47. The van der Waals surface area contributed by atoms with Gasteiger partial charge >= 0.3 is 0 Å². The normalized spacial score (nSPS) is 23.3. The van der Waals surface area contributed by atoms with Gasteiger partial charge in [0.05, 0.1) is 5.69 Å². The Kier molecular flexibility index (Phi) is 2.58. The van der Waals surface area contributed by atoms with Gasteiger partial charge in [-0.3, -0.25) is 0 Å². The minimum atomic E-state index is 0.272. The van der Waals surface area contributed by atoms with E-state index in [1.165, 1.54) is 25.7 Å². The van der Waals surface area contributed by atoms with Crippen LogP contribution in [0.2, 0.25) is 0 Å². The van der Waals surface area contributed by atoms with E-state index in [0.717, 1.165) is 17.0 Å². The summed E-state index contributed by atoms with van der Waals surface area (Å²) < 4.78 is 5.93. The lowest BCUT2D eigenvalue weighted by Crippen LogP contribution is -2.26. The first kappa shape index (κ1) is 11.6. The molecule has 1 aliphatic carbocycles. The molecule has 0 amide bonds. The molecule has 1 atom stereocenters.